The van der Waals surface area contributed by atoms with Crippen LogP contribution in [-0.2, 0) is 6.18 Å². The normalized spacial score (nSPS) is 13.2. The molecule has 0 radical (unpaired) electrons. The fourth-order valence-electron chi connectivity index (χ4n) is 1.36. The summed E-state index contributed by atoms with van der Waals surface area (Å²) >= 11 is 0. The minimum absolute atomic E-state index is 0.108. The number of aliphatic hydroxyl groups excluding tert-OH is 1. The Labute approximate surface area is 109 Å². The predicted octanol–water partition coefficient (Wildman–Crippen LogP) is 1.74. The predicted molar refractivity (Wildman–Crippen MR) is 66.1 cm³/mol. The SMILES string of the molecule is CCNc1cc(N(C)C(C)CO)nc(C(F)(F)F)n1. The van der Waals surface area contributed by atoms with E-state index in [1.165, 1.54) is 11.0 Å². The lowest BCUT2D eigenvalue weighted by molar-refractivity contribution is -0.144. The van der Waals surface area contributed by atoms with Crippen LogP contribution >= 0.6 is 0 Å². The van der Waals surface area contributed by atoms with Crippen molar-refractivity contribution in [3.05, 3.63) is 11.9 Å². The van der Waals surface area contributed by atoms with E-state index in [1.54, 1.807) is 20.9 Å². The van der Waals surface area contributed by atoms with Gasteiger partial charge in [0, 0.05) is 19.7 Å². The van der Waals surface area contributed by atoms with Gasteiger partial charge in [-0.1, -0.05) is 0 Å². The molecule has 8 heteroatoms. The van der Waals surface area contributed by atoms with E-state index in [2.05, 4.69) is 15.3 Å². The summed E-state index contributed by atoms with van der Waals surface area (Å²) in [5.41, 5.74) is 0. The minimum Gasteiger partial charge on any atom is -0.394 e. The molecule has 108 valence electrons. The number of hydrogen-bond donors (Lipinski definition) is 2. The molecule has 0 aromatic carbocycles. The first kappa shape index (κ1) is 15.5. The topological polar surface area (TPSA) is 61.3 Å². The van der Waals surface area contributed by atoms with Crippen molar-refractivity contribution in [3.8, 4) is 0 Å². The van der Waals surface area contributed by atoms with Crippen molar-refractivity contribution in [2.75, 3.05) is 30.4 Å². The molecule has 0 saturated carbocycles. The lowest BCUT2D eigenvalue weighted by Crippen LogP contribution is -2.33. The van der Waals surface area contributed by atoms with Gasteiger partial charge < -0.3 is 15.3 Å². The fourth-order valence-corrected chi connectivity index (χ4v) is 1.36. The van der Waals surface area contributed by atoms with Crippen molar-refractivity contribution in [1.29, 1.82) is 0 Å². The van der Waals surface area contributed by atoms with Gasteiger partial charge in [-0.25, -0.2) is 9.97 Å². The van der Waals surface area contributed by atoms with Crippen LogP contribution in [0.15, 0.2) is 6.07 Å². The Kier molecular flexibility index (Phi) is 4.93. The third kappa shape index (κ3) is 3.95. The van der Waals surface area contributed by atoms with Crippen molar-refractivity contribution in [2.45, 2.75) is 26.1 Å². The second-order valence-electron chi connectivity index (χ2n) is 4.11. The summed E-state index contributed by atoms with van der Waals surface area (Å²) in [4.78, 5) is 8.39. The van der Waals surface area contributed by atoms with Gasteiger partial charge in [-0.3, -0.25) is 0 Å². The highest BCUT2D eigenvalue weighted by atomic mass is 19.4. The average molecular weight is 278 g/mol. The first-order valence-corrected chi connectivity index (χ1v) is 5.83. The van der Waals surface area contributed by atoms with Crippen molar-refractivity contribution in [2.24, 2.45) is 0 Å². The summed E-state index contributed by atoms with van der Waals surface area (Å²) in [6.07, 6.45) is -4.61. The summed E-state index contributed by atoms with van der Waals surface area (Å²) in [5.74, 6) is -0.977. The summed E-state index contributed by atoms with van der Waals surface area (Å²) in [7, 11) is 1.57. The standard InChI is InChI=1S/C11H17F3N4O/c1-4-15-8-5-9(18(3)7(2)6-19)17-10(16-8)11(12,13)14/h5,7,19H,4,6H2,1-3H3,(H,15,16,17). The van der Waals surface area contributed by atoms with Crippen LogP contribution in [0.3, 0.4) is 0 Å². The minimum atomic E-state index is -4.61. The number of rotatable bonds is 5. The van der Waals surface area contributed by atoms with Crippen LogP contribution in [0.25, 0.3) is 0 Å². The van der Waals surface area contributed by atoms with Gasteiger partial charge in [-0.2, -0.15) is 13.2 Å². The maximum absolute atomic E-state index is 12.7. The molecular weight excluding hydrogens is 261 g/mol. The number of aromatic nitrogens is 2. The van der Waals surface area contributed by atoms with E-state index in [-0.39, 0.29) is 24.3 Å². The lowest BCUT2D eigenvalue weighted by Gasteiger charge is -2.25. The quantitative estimate of drug-likeness (QED) is 0.859. The van der Waals surface area contributed by atoms with E-state index in [0.717, 1.165) is 0 Å². The van der Waals surface area contributed by atoms with Gasteiger partial charge in [0.1, 0.15) is 11.6 Å². The number of nitrogens with zero attached hydrogens (tertiary/aromatic N) is 3. The van der Waals surface area contributed by atoms with Gasteiger partial charge in [0.25, 0.3) is 0 Å². The Hall–Kier alpha value is -1.57. The lowest BCUT2D eigenvalue weighted by atomic mass is 10.3. The third-order valence-electron chi connectivity index (χ3n) is 2.61. The zero-order chi connectivity index (χ0) is 14.6. The summed E-state index contributed by atoms with van der Waals surface area (Å²) < 4.78 is 38.1. The smallest absolute Gasteiger partial charge is 0.394 e. The number of nitrogens with one attached hydrogen (secondary N) is 1. The largest absolute Gasteiger partial charge is 0.451 e. The Balaban J connectivity index is 3.20. The van der Waals surface area contributed by atoms with Crippen LogP contribution in [0.1, 0.15) is 19.7 Å². The Morgan fingerprint density at radius 1 is 1.42 bits per heavy atom. The van der Waals surface area contributed by atoms with Crippen LogP contribution in [0.2, 0.25) is 0 Å². The van der Waals surface area contributed by atoms with Gasteiger partial charge in [0.05, 0.1) is 12.6 Å². The highest BCUT2D eigenvalue weighted by molar-refractivity contribution is 5.49. The van der Waals surface area contributed by atoms with E-state index in [0.29, 0.717) is 6.54 Å². The molecule has 0 saturated heterocycles. The number of anilines is 2. The van der Waals surface area contributed by atoms with Crippen molar-refractivity contribution in [1.82, 2.24) is 9.97 Å². The van der Waals surface area contributed by atoms with Crippen LogP contribution in [0.4, 0.5) is 24.8 Å². The van der Waals surface area contributed by atoms with Crippen LogP contribution in [-0.4, -0.2) is 41.3 Å². The second-order valence-corrected chi connectivity index (χ2v) is 4.11. The molecule has 1 unspecified atom stereocenters. The van der Waals surface area contributed by atoms with Gasteiger partial charge >= 0.3 is 6.18 Å². The maximum atomic E-state index is 12.7. The van der Waals surface area contributed by atoms with Crippen molar-refractivity contribution in [3.63, 3.8) is 0 Å². The number of aliphatic hydroxyl groups is 1. The Morgan fingerprint density at radius 2 is 2.05 bits per heavy atom. The first-order chi connectivity index (χ1) is 8.79. The molecule has 0 aliphatic rings. The molecule has 5 nitrogen and oxygen atoms in total. The highest BCUT2D eigenvalue weighted by Gasteiger charge is 2.35. The second kappa shape index (κ2) is 6.05. The number of halogens is 3. The number of hydrogen-bond acceptors (Lipinski definition) is 5. The summed E-state index contributed by atoms with van der Waals surface area (Å²) in [6, 6.07) is 1.08. The van der Waals surface area contributed by atoms with Crippen LogP contribution in [0.5, 0.6) is 0 Å². The maximum Gasteiger partial charge on any atom is 0.451 e. The van der Waals surface area contributed by atoms with Crippen molar-refractivity contribution < 1.29 is 18.3 Å². The Morgan fingerprint density at radius 3 is 2.53 bits per heavy atom. The van der Waals surface area contributed by atoms with Gasteiger partial charge in [0.15, 0.2) is 0 Å². The van der Waals surface area contributed by atoms with Gasteiger partial charge in [0.2, 0.25) is 5.82 Å². The first-order valence-electron chi connectivity index (χ1n) is 5.83. The van der Waals surface area contributed by atoms with Gasteiger partial charge in [-0.15, -0.1) is 0 Å². The highest BCUT2D eigenvalue weighted by Crippen LogP contribution is 2.29. The number of alkyl halides is 3. The molecule has 1 atom stereocenters. The molecular formula is C11H17F3N4O. The van der Waals surface area contributed by atoms with E-state index >= 15 is 0 Å². The molecule has 2 N–H and O–H groups in total. The number of likely N-dealkylation sites (N-methyl/N-ethyl adjacent to an activating group) is 1. The third-order valence-corrected chi connectivity index (χ3v) is 2.61. The fraction of sp³-hybridized carbons (Fsp3) is 0.636. The van der Waals surface area contributed by atoms with Crippen LogP contribution < -0.4 is 10.2 Å². The molecule has 0 spiro atoms. The van der Waals surface area contributed by atoms with E-state index in [1.807, 2.05) is 0 Å². The molecule has 0 bridgehead atoms. The molecule has 1 heterocycles. The monoisotopic (exact) mass is 278 g/mol. The molecule has 0 aliphatic heterocycles. The zero-order valence-electron chi connectivity index (χ0n) is 11.0. The molecule has 0 amide bonds. The molecule has 1 aromatic rings. The van der Waals surface area contributed by atoms with Gasteiger partial charge in [-0.05, 0) is 13.8 Å². The zero-order valence-corrected chi connectivity index (χ0v) is 11.0. The van der Waals surface area contributed by atoms with Crippen molar-refractivity contribution >= 4 is 11.6 Å². The average Bonchev–Trinajstić information content (AvgIpc) is 2.36. The molecule has 0 fully saturated rings. The summed E-state index contributed by atoms with van der Waals surface area (Å²) in [6.45, 7) is 3.71. The van der Waals surface area contributed by atoms with E-state index in [9.17, 15) is 13.2 Å². The van der Waals surface area contributed by atoms with Crippen LogP contribution in [0, 0.1) is 0 Å². The van der Waals surface area contributed by atoms with E-state index in [4.69, 9.17) is 5.11 Å². The summed E-state index contributed by atoms with van der Waals surface area (Å²) in [5, 5.41) is 11.8. The molecule has 0 aliphatic carbocycles. The Bertz CT molecular complexity index is 425. The molecule has 1 rings (SSSR count). The molecule has 1 aromatic heterocycles. The van der Waals surface area contributed by atoms with E-state index < -0.39 is 12.0 Å². The molecule has 19 heavy (non-hydrogen) atoms.